The van der Waals surface area contributed by atoms with Crippen LogP contribution in [0.3, 0.4) is 0 Å². The zero-order valence-corrected chi connectivity index (χ0v) is 17.2. The molecule has 0 unspecified atom stereocenters. The molecule has 0 radical (unpaired) electrons. The van der Waals surface area contributed by atoms with Crippen LogP contribution in [0.2, 0.25) is 0 Å². The molecule has 1 aromatic rings. The molecule has 0 aromatic heterocycles. The molecular weight excluding hydrogens is 368 g/mol. The quantitative estimate of drug-likeness (QED) is 0.718. The number of benzene rings is 1. The zero-order valence-electron chi connectivity index (χ0n) is 17.2. The highest BCUT2D eigenvalue weighted by Gasteiger charge is 2.54. The molecular formula is C23H30N2O4. The lowest BCUT2D eigenvalue weighted by Gasteiger charge is -2.55. The summed E-state index contributed by atoms with van der Waals surface area (Å²) in [5, 5.41) is 5.79. The van der Waals surface area contributed by atoms with E-state index in [0.29, 0.717) is 35.6 Å². The van der Waals surface area contributed by atoms with Crippen LogP contribution in [0.1, 0.15) is 62.7 Å². The van der Waals surface area contributed by atoms with E-state index in [1.807, 2.05) is 0 Å². The van der Waals surface area contributed by atoms with Crippen LogP contribution in [0.5, 0.6) is 0 Å². The van der Waals surface area contributed by atoms with E-state index in [9.17, 15) is 14.4 Å². The van der Waals surface area contributed by atoms with Gasteiger partial charge >= 0.3 is 5.97 Å². The summed E-state index contributed by atoms with van der Waals surface area (Å²) < 4.78 is 4.96. The van der Waals surface area contributed by atoms with Gasteiger partial charge in [0.1, 0.15) is 6.04 Å². The molecule has 29 heavy (non-hydrogen) atoms. The van der Waals surface area contributed by atoms with E-state index in [0.717, 1.165) is 19.3 Å². The molecule has 6 nitrogen and oxygen atoms in total. The smallest absolute Gasteiger partial charge is 0.338 e. The lowest BCUT2D eigenvalue weighted by Crippen LogP contribution is -2.56. The minimum atomic E-state index is -0.611. The summed E-state index contributed by atoms with van der Waals surface area (Å²) in [4.78, 5) is 37.4. The van der Waals surface area contributed by atoms with Crippen LogP contribution in [0, 0.1) is 23.2 Å². The Morgan fingerprint density at radius 2 is 1.59 bits per heavy atom. The Hall–Kier alpha value is -2.37. The van der Waals surface area contributed by atoms with Crippen LogP contribution in [0.15, 0.2) is 24.3 Å². The molecule has 156 valence electrons. The molecule has 0 aliphatic heterocycles. The molecule has 4 aliphatic rings. The van der Waals surface area contributed by atoms with Crippen molar-refractivity contribution in [3.8, 4) is 0 Å². The van der Waals surface area contributed by atoms with Crippen LogP contribution in [-0.4, -0.2) is 30.4 Å². The van der Waals surface area contributed by atoms with Gasteiger partial charge in [0.2, 0.25) is 11.8 Å². The Morgan fingerprint density at radius 3 is 2.10 bits per heavy atom. The van der Waals surface area contributed by atoms with Crippen molar-refractivity contribution < 1.29 is 19.1 Å². The Kier molecular flexibility index (Phi) is 5.36. The summed E-state index contributed by atoms with van der Waals surface area (Å²) in [6.45, 7) is 3.80. The van der Waals surface area contributed by atoms with Gasteiger partial charge in [-0.3, -0.25) is 9.59 Å². The van der Waals surface area contributed by atoms with Crippen molar-refractivity contribution in [2.24, 2.45) is 23.2 Å². The fourth-order valence-electron chi connectivity index (χ4n) is 5.96. The summed E-state index contributed by atoms with van der Waals surface area (Å²) in [6.07, 6.45) is 6.79. The van der Waals surface area contributed by atoms with Crippen LogP contribution < -0.4 is 10.6 Å². The van der Waals surface area contributed by atoms with Crippen molar-refractivity contribution in [1.29, 1.82) is 0 Å². The van der Waals surface area contributed by atoms with E-state index in [4.69, 9.17) is 4.74 Å². The normalized spacial score (nSPS) is 30.5. The molecule has 0 saturated heterocycles. The maximum Gasteiger partial charge on any atom is 0.338 e. The molecule has 4 aliphatic carbocycles. The van der Waals surface area contributed by atoms with E-state index in [1.165, 1.54) is 19.3 Å². The molecule has 1 atom stereocenters. The lowest BCUT2D eigenvalue weighted by atomic mass is 9.49. The van der Waals surface area contributed by atoms with Gasteiger partial charge < -0.3 is 15.4 Å². The average molecular weight is 399 g/mol. The maximum absolute atomic E-state index is 13.1. The van der Waals surface area contributed by atoms with E-state index in [2.05, 4.69) is 10.6 Å². The minimum Gasteiger partial charge on any atom is -0.462 e. The number of nitrogens with one attached hydrogen (secondary N) is 2. The molecule has 4 fully saturated rings. The molecule has 2 amide bonds. The standard InChI is InChI=1S/C23H30N2O4/c1-3-29-21(27)18-4-6-19(7-5-18)25-20(26)14(2)24-22(28)23-11-15-8-16(12-23)10-17(9-15)13-23/h4-7,14-17H,3,8-13H2,1-2H3,(H,24,28)(H,25,26)/t14-,15?,16?,17?,23?/m1/s1. The molecule has 1 aromatic carbocycles. The van der Waals surface area contributed by atoms with Gasteiger partial charge in [-0.25, -0.2) is 4.79 Å². The first-order valence-electron chi connectivity index (χ1n) is 10.8. The molecule has 5 rings (SSSR count). The monoisotopic (exact) mass is 398 g/mol. The van der Waals surface area contributed by atoms with Crippen molar-refractivity contribution in [2.45, 2.75) is 58.4 Å². The Labute approximate surface area is 171 Å². The number of esters is 1. The van der Waals surface area contributed by atoms with Gasteiger partial charge in [0.05, 0.1) is 12.2 Å². The SMILES string of the molecule is CCOC(=O)c1ccc(NC(=O)[C@@H](C)NC(=O)C23CC4CC(CC(C4)C2)C3)cc1. The van der Waals surface area contributed by atoms with Gasteiger partial charge in [0, 0.05) is 11.1 Å². The topological polar surface area (TPSA) is 84.5 Å². The summed E-state index contributed by atoms with van der Waals surface area (Å²) in [5.74, 6) is 1.47. The highest BCUT2D eigenvalue weighted by molar-refractivity contribution is 5.98. The van der Waals surface area contributed by atoms with Gasteiger partial charge in [0.25, 0.3) is 0 Å². The second-order valence-corrected chi connectivity index (χ2v) is 9.18. The van der Waals surface area contributed by atoms with Crippen LogP contribution in [0.25, 0.3) is 0 Å². The number of hydrogen-bond acceptors (Lipinski definition) is 4. The number of amides is 2. The summed E-state index contributed by atoms with van der Waals surface area (Å²) in [6, 6.07) is 5.95. The fraction of sp³-hybridized carbons (Fsp3) is 0.609. The third-order valence-corrected chi connectivity index (χ3v) is 6.92. The summed E-state index contributed by atoms with van der Waals surface area (Å²) in [7, 11) is 0. The maximum atomic E-state index is 13.1. The largest absolute Gasteiger partial charge is 0.462 e. The second-order valence-electron chi connectivity index (χ2n) is 9.18. The number of carbonyl (C=O) groups is 3. The fourth-order valence-corrected chi connectivity index (χ4v) is 5.96. The number of carbonyl (C=O) groups excluding carboxylic acids is 3. The highest BCUT2D eigenvalue weighted by atomic mass is 16.5. The molecule has 2 N–H and O–H groups in total. The minimum absolute atomic E-state index is 0.0527. The third-order valence-electron chi connectivity index (χ3n) is 6.92. The van der Waals surface area contributed by atoms with Crippen molar-refractivity contribution in [3.63, 3.8) is 0 Å². The van der Waals surface area contributed by atoms with Crippen molar-refractivity contribution in [3.05, 3.63) is 29.8 Å². The van der Waals surface area contributed by atoms with Crippen LogP contribution in [0.4, 0.5) is 5.69 Å². The zero-order chi connectivity index (χ0) is 20.6. The van der Waals surface area contributed by atoms with Crippen LogP contribution >= 0.6 is 0 Å². The number of hydrogen-bond donors (Lipinski definition) is 2. The van der Waals surface area contributed by atoms with Gasteiger partial charge in [-0.15, -0.1) is 0 Å². The van der Waals surface area contributed by atoms with Crippen molar-refractivity contribution >= 4 is 23.5 Å². The second kappa shape index (κ2) is 7.81. The Bertz CT molecular complexity index is 766. The lowest BCUT2D eigenvalue weighted by molar-refractivity contribution is -0.147. The molecule has 0 spiro atoms. The first-order chi connectivity index (χ1) is 13.9. The molecule has 4 bridgehead atoms. The van der Waals surface area contributed by atoms with Crippen LogP contribution in [-0.2, 0) is 14.3 Å². The average Bonchev–Trinajstić information content (AvgIpc) is 2.67. The van der Waals surface area contributed by atoms with Gasteiger partial charge in [-0.05, 0) is 94.4 Å². The number of ether oxygens (including phenoxy) is 1. The Morgan fingerprint density at radius 1 is 1.03 bits per heavy atom. The highest BCUT2D eigenvalue weighted by Crippen LogP contribution is 2.60. The first kappa shape index (κ1) is 19.9. The molecule has 6 heteroatoms. The van der Waals surface area contributed by atoms with Crippen molar-refractivity contribution in [2.75, 3.05) is 11.9 Å². The van der Waals surface area contributed by atoms with E-state index >= 15 is 0 Å². The summed E-state index contributed by atoms with van der Waals surface area (Å²) in [5.41, 5.74) is 0.761. The number of rotatable bonds is 6. The predicted octanol–water partition coefficient (Wildman–Crippen LogP) is 3.52. The molecule has 4 saturated carbocycles. The predicted molar refractivity (Wildman–Crippen MR) is 109 cm³/mol. The molecule has 0 heterocycles. The van der Waals surface area contributed by atoms with E-state index in [1.54, 1.807) is 38.1 Å². The Balaban J connectivity index is 1.34. The third kappa shape index (κ3) is 4.02. The number of anilines is 1. The van der Waals surface area contributed by atoms with E-state index in [-0.39, 0.29) is 23.2 Å². The van der Waals surface area contributed by atoms with Gasteiger partial charge in [-0.2, -0.15) is 0 Å². The van der Waals surface area contributed by atoms with Crippen molar-refractivity contribution in [1.82, 2.24) is 5.32 Å². The summed E-state index contributed by atoms with van der Waals surface area (Å²) >= 11 is 0. The van der Waals surface area contributed by atoms with E-state index < -0.39 is 6.04 Å². The van der Waals surface area contributed by atoms with Gasteiger partial charge in [0.15, 0.2) is 0 Å². The van der Waals surface area contributed by atoms with Gasteiger partial charge in [-0.1, -0.05) is 0 Å². The first-order valence-corrected chi connectivity index (χ1v) is 10.8.